The van der Waals surface area contributed by atoms with Crippen molar-refractivity contribution in [3.05, 3.63) is 23.9 Å². The number of aliphatic hydroxyl groups excluding tert-OH is 1. The van der Waals surface area contributed by atoms with Crippen LogP contribution in [0.1, 0.15) is 31.1 Å². The molecule has 2 rings (SSSR count). The topological polar surface area (TPSA) is 89.0 Å². The molecule has 0 unspecified atom stereocenters. The fraction of sp³-hybridized carbons (Fsp3) is 0.500. The number of anilines is 1. The molecule has 0 aromatic carbocycles. The van der Waals surface area contributed by atoms with E-state index < -0.39 is 23.8 Å². The van der Waals surface area contributed by atoms with Crippen LogP contribution >= 0.6 is 0 Å². The summed E-state index contributed by atoms with van der Waals surface area (Å²) in [6.45, 7) is 5.33. The van der Waals surface area contributed by atoms with Gasteiger partial charge in [0.05, 0.1) is 18.7 Å². The summed E-state index contributed by atoms with van der Waals surface area (Å²) in [5.74, 6) is -0.109. The summed E-state index contributed by atoms with van der Waals surface area (Å²) in [6, 6.07) is 3.08. The number of aliphatic hydroxyl groups is 1. The lowest BCUT2D eigenvalue weighted by Gasteiger charge is -2.19. The monoisotopic (exact) mass is 294 g/mol. The number of carbonyl (C=O) groups is 2. The number of nitrogens with zero attached hydrogens (tertiary/aromatic N) is 2. The number of amides is 1. The van der Waals surface area contributed by atoms with Crippen LogP contribution in [0, 0.1) is 0 Å². The summed E-state index contributed by atoms with van der Waals surface area (Å²) in [4.78, 5) is 28.8. The number of aromatic nitrogens is 1. The normalized spacial score (nSPS) is 18.6. The van der Waals surface area contributed by atoms with Crippen LogP contribution in [0.25, 0.3) is 0 Å². The van der Waals surface area contributed by atoms with E-state index in [-0.39, 0.29) is 13.2 Å². The van der Waals surface area contributed by atoms with Gasteiger partial charge in [0.15, 0.2) is 0 Å². The molecule has 21 heavy (non-hydrogen) atoms. The van der Waals surface area contributed by atoms with Gasteiger partial charge in [-0.2, -0.15) is 0 Å². The fourth-order valence-corrected chi connectivity index (χ4v) is 1.81. The first-order valence-corrected chi connectivity index (χ1v) is 6.58. The molecule has 1 aromatic rings. The minimum Gasteiger partial charge on any atom is -0.456 e. The number of carbonyl (C=O) groups excluding carboxylic acids is 2. The van der Waals surface area contributed by atoms with E-state index in [4.69, 9.17) is 14.6 Å². The Hall–Kier alpha value is -2.15. The van der Waals surface area contributed by atoms with Crippen LogP contribution in [0.15, 0.2) is 18.3 Å². The maximum atomic E-state index is 11.9. The van der Waals surface area contributed by atoms with Crippen LogP contribution in [-0.4, -0.2) is 47.0 Å². The van der Waals surface area contributed by atoms with E-state index in [1.807, 2.05) is 0 Å². The van der Waals surface area contributed by atoms with Gasteiger partial charge in [-0.25, -0.2) is 14.6 Å². The molecule has 0 spiro atoms. The van der Waals surface area contributed by atoms with Crippen LogP contribution in [0.3, 0.4) is 0 Å². The van der Waals surface area contributed by atoms with Gasteiger partial charge < -0.3 is 14.6 Å². The standard InChI is InChI=1S/C14H18N2O5/c1-14(2,3)21-12(18)9-4-5-11(15-6-9)16-7-10(8-17)20-13(16)19/h4-6,10,17H,7-8H2,1-3H3/t10-/m1/s1. The van der Waals surface area contributed by atoms with E-state index >= 15 is 0 Å². The van der Waals surface area contributed by atoms with Crippen LogP contribution in [-0.2, 0) is 9.47 Å². The van der Waals surface area contributed by atoms with Crippen molar-refractivity contribution < 1.29 is 24.2 Å². The Balaban J connectivity index is 2.09. The molecule has 7 heteroatoms. The van der Waals surface area contributed by atoms with Gasteiger partial charge in [-0.15, -0.1) is 0 Å². The summed E-state index contributed by atoms with van der Waals surface area (Å²) >= 11 is 0. The van der Waals surface area contributed by atoms with Crippen LogP contribution in [0.2, 0.25) is 0 Å². The minimum atomic E-state index is -0.580. The number of rotatable bonds is 3. The first kappa shape index (κ1) is 15.2. The van der Waals surface area contributed by atoms with Crippen molar-refractivity contribution in [2.24, 2.45) is 0 Å². The number of esters is 1. The molecular formula is C14H18N2O5. The van der Waals surface area contributed by atoms with Crippen molar-refractivity contribution >= 4 is 17.9 Å². The van der Waals surface area contributed by atoms with Crippen molar-refractivity contribution in [2.45, 2.75) is 32.5 Å². The van der Waals surface area contributed by atoms with Gasteiger partial charge >= 0.3 is 12.1 Å². The lowest BCUT2D eigenvalue weighted by atomic mass is 10.2. The van der Waals surface area contributed by atoms with Crippen LogP contribution in [0.4, 0.5) is 10.6 Å². The van der Waals surface area contributed by atoms with Crippen molar-refractivity contribution in [3.63, 3.8) is 0 Å². The highest BCUT2D eigenvalue weighted by Gasteiger charge is 2.32. The zero-order valence-corrected chi connectivity index (χ0v) is 12.2. The number of pyridine rings is 1. The number of ether oxygens (including phenoxy) is 2. The number of hydrogen-bond acceptors (Lipinski definition) is 6. The van der Waals surface area contributed by atoms with Crippen LogP contribution < -0.4 is 4.90 Å². The van der Waals surface area contributed by atoms with Crippen molar-refractivity contribution in [2.75, 3.05) is 18.1 Å². The Kier molecular flexibility index (Phi) is 4.13. The molecule has 2 heterocycles. The Morgan fingerprint density at radius 2 is 2.24 bits per heavy atom. The maximum Gasteiger partial charge on any atom is 0.416 e. The van der Waals surface area contributed by atoms with E-state index in [9.17, 15) is 9.59 Å². The quantitative estimate of drug-likeness (QED) is 0.847. The second-order valence-electron chi connectivity index (χ2n) is 5.71. The molecule has 1 N–H and O–H groups in total. The fourth-order valence-electron chi connectivity index (χ4n) is 1.81. The lowest BCUT2D eigenvalue weighted by Crippen LogP contribution is -2.27. The molecule has 0 aliphatic carbocycles. The Morgan fingerprint density at radius 1 is 1.52 bits per heavy atom. The predicted octanol–water partition coefficient (Wildman–Crippen LogP) is 1.35. The molecular weight excluding hydrogens is 276 g/mol. The number of hydrogen-bond donors (Lipinski definition) is 1. The van der Waals surface area contributed by atoms with Gasteiger partial charge in [0.25, 0.3) is 0 Å². The van der Waals surface area contributed by atoms with Crippen molar-refractivity contribution in [1.29, 1.82) is 0 Å². The average molecular weight is 294 g/mol. The molecule has 1 atom stereocenters. The minimum absolute atomic E-state index is 0.230. The molecule has 1 saturated heterocycles. The first-order valence-electron chi connectivity index (χ1n) is 6.58. The Morgan fingerprint density at radius 3 is 2.71 bits per heavy atom. The second kappa shape index (κ2) is 5.69. The number of cyclic esters (lactones) is 1. The van der Waals surface area contributed by atoms with Crippen molar-refractivity contribution in [3.8, 4) is 0 Å². The van der Waals surface area contributed by atoms with Gasteiger partial charge in [0.2, 0.25) is 0 Å². The Bertz CT molecular complexity index is 535. The third-order valence-electron chi connectivity index (χ3n) is 2.74. The zero-order chi connectivity index (χ0) is 15.6. The van der Waals surface area contributed by atoms with Gasteiger partial charge in [-0.05, 0) is 32.9 Å². The molecule has 7 nitrogen and oxygen atoms in total. The lowest BCUT2D eigenvalue weighted by molar-refractivity contribution is 0.00691. The van der Waals surface area contributed by atoms with E-state index in [2.05, 4.69) is 4.98 Å². The average Bonchev–Trinajstić information content (AvgIpc) is 2.78. The smallest absolute Gasteiger partial charge is 0.416 e. The maximum absolute atomic E-state index is 11.9. The molecule has 1 aliphatic heterocycles. The summed E-state index contributed by atoms with van der Waals surface area (Å²) in [5, 5.41) is 8.99. The van der Waals surface area contributed by atoms with Gasteiger partial charge in [-0.1, -0.05) is 0 Å². The highest BCUT2D eigenvalue weighted by molar-refractivity contribution is 5.91. The van der Waals surface area contributed by atoms with Gasteiger partial charge in [-0.3, -0.25) is 4.90 Å². The molecule has 114 valence electrons. The van der Waals surface area contributed by atoms with E-state index in [0.717, 1.165) is 0 Å². The molecule has 0 bridgehead atoms. The predicted molar refractivity (Wildman–Crippen MR) is 74.1 cm³/mol. The molecule has 1 amide bonds. The third-order valence-corrected chi connectivity index (χ3v) is 2.74. The molecule has 1 aromatic heterocycles. The Labute approximate surface area is 122 Å². The van der Waals surface area contributed by atoms with E-state index in [1.165, 1.54) is 17.2 Å². The highest BCUT2D eigenvalue weighted by atomic mass is 16.6. The highest BCUT2D eigenvalue weighted by Crippen LogP contribution is 2.20. The van der Waals surface area contributed by atoms with E-state index in [0.29, 0.717) is 11.4 Å². The third kappa shape index (κ3) is 3.69. The summed E-state index contributed by atoms with van der Waals surface area (Å²) in [7, 11) is 0. The molecule has 1 aliphatic rings. The molecule has 0 radical (unpaired) electrons. The van der Waals surface area contributed by atoms with Gasteiger partial charge in [0.1, 0.15) is 17.5 Å². The SMILES string of the molecule is CC(C)(C)OC(=O)c1ccc(N2C[C@H](CO)OC2=O)nc1. The van der Waals surface area contributed by atoms with Crippen molar-refractivity contribution in [1.82, 2.24) is 4.98 Å². The zero-order valence-electron chi connectivity index (χ0n) is 12.2. The molecule has 0 saturated carbocycles. The largest absolute Gasteiger partial charge is 0.456 e. The van der Waals surface area contributed by atoms with E-state index in [1.54, 1.807) is 26.8 Å². The summed E-state index contributed by atoms with van der Waals surface area (Å²) in [5.41, 5.74) is -0.275. The molecule has 1 fully saturated rings. The van der Waals surface area contributed by atoms with Gasteiger partial charge in [0, 0.05) is 6.20 Å². The van der Waals surface area contributed by atoms with Crippen LogP contribution in [0.5, 0.6) is 0 Å². The summed E-state index contributed by atoms with van der Waals surface area (Å²) in [6.07, 6.45) is 0.236. The first-order chi connectivity index (χ1) is 9.80. The summed E-state index contributed by atoms with van der Waals surface area (Å²) < 4.78 is 10.2. The second-order valence-corrected chi connectivity index (χ2v) is 5.71.